The Morgan fingerprint density at radius 1 is 1.00 bits per heavy atom. The zero-order valence-corrected chi connectivity index (χ0v) is 16.2. The van der Waals surface area contributed by atoms with E-state index in [0.717, 1.165) is 17.8 Å². The average Bonchev–Trinajstić information content (AvgIpc) is 2.60. The Bertz CT molecular complexity index is 578. The van der Waals surface area contributed by atoms with Crippen LogP contribution in [0.3, 0.4) is 0 Å². The van der Waals surface area contributed by atoms with E-state index in [4.69, 9.17) is 15.6 Å². The van der Waals surface area contributed by atoms with Crippen molar-refractivity contribution in [3.8, 4) is 0 Å². The monoisotopic (exact) mass is 376 g/mol. The normalized spacial score (nSPS) is 34.3. The molecular formula is C19H32N6O2. The maximum atomic E-state index is 11.8. The summed E-state index contributed by atoms with van der Waals surface area (Å²) < 4.78 is 5.03. The fraction of sp³-hybridized carbons (Fsp3) is 0.842. The molecule has 5 fully saturated rings. The van der Waals surface area contributed by atoms with Crippen LogP contribution in [0.2, 0.25) is 0 Å². The smallest absolute Gasteiger partial charge is 0.409 e. The van der Waals surface area contributed by atoms with Crippen LogP contribution in [0.4, 0.5) is 4.79 Å². The van der Waals surface area contributed by atoms with Crippen molar-refractivity contribution in [2.45, 2.75) is 51.0 Å². The number of guanidine groups is 2. The number of piperazine rings is 1. The van der Waals surface area contributed by atoms with Crippen LogP contribution in [0.1, 0.15) is 45.4 Å². The summed E-state index contributed by atoms with van der Waals surface area (Å²) in [7, 11) is 0. The van der Waals surface area contributed by atoms with Gasteiger partial charge < -0.3 is 19.9 Å². The number of rotatable bonds is 2. The lowest BCUT2D eigenvalue weighted by molar-refractivity contribution is -0.0105. The first-order valence-corrected chi connectivity index (χ1v) is 10.4. The van der Waals surface area contributed by atoms with Gasteiger partial charge in [-0.1, -0.05) is 0 Å². The fourth-order valence-electron chi connectivity index (χ4n) is 6.09. The van der Waals surface area contributed by atoms with Crippen molar-refractivity contribution in [1.82, 2.24) is 20.4 Å². The van der Waals surface area contributed by atoms with Crippen molar-refractivity contribution in [2.24, 2.45) is 17.8 Å². The Morgan fingerprint density at radius 2 is 1.52 bits per heavy atom. The molecule has 8 heteroatoms. The number of amides is 1. The largest absolute Gasteiger partial charge is 0.450 e. The molecule has 1 heterocycles. The summed E-state index contributed by atoms with van der Waals surface area (Å²) in [4.78, 5) is 15.3. The van der Waals surface area contributed by atoms with E-state index in [-0.39, 0.29) is 23.6 Å². The van der Waals surface area contributed by atoms with Gasteiger partial charge in [-0.2, -0.15) is 0 Å². The third kappa shape index (κ3) is 3.84. The number of ether oxygens (including phenoxy) is 1. The summed E-state index contributed by atoms with van der Waals surface area (Å²) in [5.41, 5.74) is 0.0712. The average molecular weight is 377 g/mol. The summed E-state index contributed by atoms with van der Waals surface area (Å²) in [6.07, 6.45) is 7.37. The summed E-state index contributed by atoms with van der Waals surface area (Å²) in [5.74, 6) is 2.96. The number of carbonyl (C=O) groups excluding carboxylic acids is 1. The molecule has 0 aromatic carbocycles. The minimum Gasteiger partial charge on any atom is -0.450 e. The number of hydrogen-bond acceptors (Lipinski definition) is 4. The van der Waals surface area contributed by atoms with Crippen molar-refractivity contribution >= 4 is 18.0 Å². The zero-order valence-electron chi connectivity index (χ0n) is 16.2. The van der Waals surface area contributed by atoms with Crippen LogP contribution in [0.25, 0.3) is 0 Å². The first-order valence-electron chi connectivity index (χ1n) is 10.4. The van der Waals surface area contributed by atoms with Crippen LogP contribution < -0.4 is 10.6 Å². The molecule has 0 spiro atoms. The molecule has 4 bridgehead atoms. The molecule has 1 aliphatic heterocycles. The van der Waals surface area contributed by atoms with Gasteiger partial charge in [-0.15, -0.1) is 0 Å². The minimum absolute atomic E-state index is 0.0712. The molecular weight excluding hydrogens is 344 g/mol. The third-order valence-electron chi connectivity index (χ3n) is 6.79. The topological polar surface area (TPSA) is 105 Å². The molecule has 4 saturated carbocycles. The van der Waals surface area contributed by atoms with Gasteiger partial charge in [-0.05, 0) is 63.2 Å². The summed E-state index contributed by atoms with van der Waals surface area (Å²) in [6, 6.07) is 0. The van der Waals surface area contributed by atoms with Crippen molar-refractivity contribution < 1.29 is 9.53 Å². The molecule has 0 unspecified atom stereocenters. The van der Waals surface area contributed by atoms with Gasteiger partial charge in [0, 0.05) is 31.7 Å². The van der Waals surface area contributed by atoms with Gasteiger partial charge in [0.1, 0.15) is 0 Å². The van der Waals surface area contributed by atoms with E-state index in [1.54, 1.807) is 11.8 Å². The van der Waals surface area contributed by atoms with Crippen LogP contribution >= 0.6 is 0 Å². The third-order valence-corrected chi connectivity index (χ3v) is 6.79. The van der Waals surface area contributed by atoms with E-state index in [0.29, 0.717) is 32.8 Å². The quantitative estimate of drug-likeness (QED) is 0.434. The molecule has 150 valence electrons. The first-order chi connectivity index (χ1) is 13.0. The molecule has 8 nitrogen and oxygen atoms in total. The lowest BCUT2D eigenvalue weighted by Crippen LogP contribution is -2.63. The molecule has 0 aromatic heterocycles. The Hall–Kier alpha value is -1.99. The Morgan fingerprint density at radius 3 is 2.04 bits per heavy atom. The highest BCUT2D eigenvalue weighted by Crippen LogP contribution is 2.55. The molecule has 5 rings (SSSR count). The van der Waals surface area contributed by atoms with E-state index in [2.05, 4.69) is 10.6 Å². The minimum atomic E-state index is -0.284. The Labute approximate surface area is 161 Å². The molecule has 5 aliphatic rings. The van der Waals surface area contributed by atoms with Crippen LogP contribution in [-0.4, -0.2) is 66.1 Å². The van der Waals surface area contributed by atoms with Crippen molar-refractivity contribution in [3.05, 3.63) is 0 Å². The molecule has 0 aromatic rings. The second kappa shape index (κ2) is 7.20. The lowest BCUT2D eigenvalue weighted by Gasteiger charge is -2.57. The second-order valence-corrected chi connectivity index (χ2v) is 8.84. The molecule has 4 N–H and O–H groups in total. The predicted molar refractivity (Wildman–Crippen MR) is 103 cm³/mol. The van der Waals surface area contributed by atoms with Gasteiger partial charge in [-0.25, -0.2) is 4.79 Å². The number of nitrogens with zero attached hydrogens (tertiary/aromatic N) is 2. The van der Waals surface area contributed by atoms with E-state index < -0.39 is 0 Å². The number of nitrogens with one attached hydrogen (secondary N) is 4. The SMILES string of the molecule is CCOC(=O)N1CCN(C(=N)NC(=N)NC23CC4CC(CC(C4)C2)C3)CC1. The highest BCUT2D eigenvalue weighted by atomic mass is 16.6. The van der Waals surface area contributed by atoms with Crippen molar-refractivity contribution in [3.63, 3.8) is 0 Å². The highest BCUT2D eigenvalue weighted by molar-refractivity contribution is 5.96. The Balaban J connectivity index is 1.25. The van der Waals surface area contributed by atoms with Gasteiger partial charge in [0.15, 0.2) is 11.9 Å². The first kappa shape index (κ1) is 18.4. The van der Waals surface area contributed by atoms with Gasteiger partial charge in [0.25, 0.3) is 0 Å². The van der Waals surface area contributed by atoms with Crippen LogP contribution in [0.15, 0.2) is 0 Å². The van der Waals surface area contributed by atoms with E-state index >= 15 is 0 Å². The van der Waals surface area contributed by atoms with Crippen LogP contribution in [-0.2, 0) is 4.74 Å². The van der Waals surface area contributed by atoms with E-state index in [9.17, 15) is 4.79 Å². The maximum Gasteiger partial charge on any atom is 0.409 e. The van der Waals surface area contributed by atoms with Crippen LogP contribution in [0.5, 0.6) is 0 Å². The van der Waals surface area contributed by atoms with Crippen molar-refractivity contribution in [2.75, 3.05) is 32.8 Å². The lowest BCUT2D eigenvalue weighted by atomic mass is 9.53. The summed E-state index contributed by atoms with van der Waals surface area (Å²) in [5, 5.41) is 23.1. The summed E-state index contributed by atoms with van der Waals surface area (Å²) >= 11 is 0. The molecule has 1 amide bonds. The fourth-order valence-corrected chi connectivity index (χ4v) is 6.09. The Kier molecular flexibility index (Phi) is 4.90. The van der Waals surface area contributed by atoms with Gasteiger partial charge >= 0.3 is 6.09 Å². The standard InChI is InChI=1S/C19H32N6O2/c1-2-27-18(26)25-5-3-24(4-6-25)17(21)22-16(20)23-19-10-13-7-14(11-19)9-15(8-13)12-19/h13-15H,2-12H2,1H3,(H4,20,21,22,23). The van der Waals surface area contributed by atoms with Gasteiger partial charge in [-0.3, -0.25) is 16.1 Å². The molecule has 1 saturated heterocycles. The van der Waals surface area contributed by atoms with E-state index in [1.165, 1.54) is 38.5 Å². The summed E-state index contributed by atoms with van der Waals surface area (Å²) in [6.45, 7) is 4.42. The van der Waals surface area contributed by atoms with Gasteiger partial charge in [0.2, 0.25) is 0 Å². The molecule has 0 atom stereocenters. The highest BCUT2D eigenvalue weighted by Gasteiger charge is 2.51. The number of carbonyl (C=O) groups is 1. The molecule has 27 heavy (non-hydrogen) atoms. The predicted octanol–water partition coefficient (Wildman–Crippen LogP) is 1.78. The van der Waals surface area contributed by atoms with Crippen LogP contribution in [0, 0.1) is 28.6 Å². The maximum absolute atomic E-state index is 11.8. The molecule has 4 aliphatic carbocycles. The van der Waals surface area contributed by atoms with Crippen molar-refractivity contribution in [1.29, 1.82) is 10.8 Å². The molecule has 0 radical (unpaired) electrons. The van der Waals surface area contributed by atoms with Gasteiger partial charge in [0.05, 0.1) is 6.61 Å². The zero-order chi connectivity index (χ0) is 19.0. The number of hydrogen-bond donors (Lipinski definition) is 4. The van der Waals surface area contributed by atoms with E-state index in [1.807, 2.05) is 4.90 Å². The second-order valence-electron chi connectivity index (χ2n) is 8.84.